The maximum absolute atomic E-state index is 6.43. The van der Waals surface area contributed by atoms with Gasteiger partial charge in [0.15, 0.2) is 17.5 Å². The molecule has 0 aliphatic carbocycles. The van der Waals surface area contributed by atoms with Gasteiger partial charge in [-0.1, -0.05) is 133 Å². The van der Waals surface area contributed by atoms with Gasteiger partial charge in [-0.15, -0.1) is 0 Å². The lowest BCUT2D eigenvalue weighted by Gasteiger charge is -2.10. The summed E-state index contributed by atoms with van der Waals surface area (Å²) in [7, 11) is 0. The van der Waals surface area contributed by atoms with Crippen LogP contribution in [0.3, 0.4) is 0 Å². The molecule has 0 aliphatic heterocycles. The zero-order valence-electron chi connectivity index (χ0n) is 26.3. The van der Waals surface area contributed by atoms with Crippen LogP contribution in [0.1, 0.15) is 0 Å². The lowest BCUT2D eigenvalue weighted by atomic mass is 9.96. The van der Waals surface area contributed by atoms with E-state index in [1.165, 1.54) is 26.9 Å². The highest BCUT2D eigenvalue weighted by Gasteiger charge is 2.18. The van der Waals surface area contributed by atoms with E-state index in [0.717, 1.165) is 55.1 Å². The molecule has 4 nitrogen and oxygen atoms in total. The first-order valence-electron chi connectivity index (χ1n) is 16.4. The normalized spacial score (nSPS) is 11.7. The fraction of sp³-hybridized carbons (Fsp3) is 0. The molecule has 0 amide bonds. The van der Waals surface area contributed by atoms with E-state index < -0.39 is 0 Å². The molecule has 0 aliphatic rings. The van der Waals surface area contributed by atoms with Crippen LogP contribution in [0, 0.1) is 0 Å². The number of benzene rings is 8. The van der Waals surface area contributed by atoms with Crippen LogP contribution in [-0.4, -0.2) is 15.0 Å². The SMILES string of the molecule is c1ccc(-c2nc(-c3ccc4ccccc4c3)nc(-c3cccc4oc5ccc(-c6ccc7c(ccc8ccccc87)c6)cc5c34)n2)cc1. The number of fused-ring (bicyclic) bond motifs is 7. The Morgan fingerprint density at radius 2 is 0.959 bits per heavy atom. The predicted octanol–water partition coefficient (Wildman–Crippen LogP) is 11.9. The molecule has 0 atom stereocenters. The molecule has 2 aromatic heterocycles. The summed E-state index contributed by atoms with van der Waals surface area (Å²) in [5.41, 5.74) is 6.67. The van der Waals surface area contributed by atoms with Crippen LogP contribution in [-0.2, 0) is 0 Å². The molecule has 0 saturated heterocycles. The second-order valence-electron chi connectivity index (χ2n) is 12.4. The highest BCUT2D eigenvalue weighted by atomic mass is 16.3. The average molecular weight is 626 g/mol. The van der Waals surface area contributed by atoms with Gasteiger partial charge in [0.25, 0.3) is 0 Å². The predicted molar refractivity (Wildman–Crippen MR) is 201 cm³/mol. The fourth-order valence-corrected chi connectivity index (χ4v) is 7.06. The van der Waals surface area contributed by atoms with Gasteiger partial charge in [0, 0.05) is 27.5 Å². The van der Waals surface area contributed by atoms with Crippen LogP contribution >= 0.6 is 0 Å². The molecule has 0 unspecified atom stereocenters. The standard InChI is InChI=1S/C45H27N3O/c1-2-11-30(12-3-1)43-46-44(35-20-17-28-9-4-5-13-31(28)26-35)48-45(47-43)38-15-8-16-41-42(38)39-27-33(22-24-40(39)49-41)32-21-23-37-34(25-32)19-18-29-10-6-7-14-36(29)37/h1-27H. The Bertz CT molecular complexity index is 2890. The van der Waals surface area contributed by atoms with Gasteiger partial charge < -0.3 is 4.42 Å². The van der Waals surface area contributed by atoms with E-state index in [4.69, 9.17) is 19.4 Å². The van der Waals surface area contributed by atoms with Crippen LogP contribution in [0.4, 0.5) is 0 Å². The number of nitrogens with zero attached hydrogens (tertiary/aromatic N) is 3. The zero-order chi connectivity index (χ0) is 32.3. The molecule has 8 aromatic carbocycles. The first kappa shape index (κ1) is 27.5. The molecule has 2 heterocycles. The molecule has 0 bridgehead atoms. The van der Waals surface area contributed by atoms with Gasteiger partial charge in [0.1, 0.15) is 11.2 Å². The highest BCUT2D eigenvalue weighted by Crippen LogP contribution is 2.39. The Hall–Kier alpha value is -6.65. The zero-order valence-corrected chi connectivity index (χ0v) is 26.3. The van der Waals surface area contributed by atoms with Crippen molar-refractivity contribution < 1.29 is 4.42 Å². The van der Waals surface area contributed by atoms with E-state index in [1.54, 1.807) is 0 Å². The van der Waals surface area contributed by atoms with E-state index in [9.17, 15) is 0 Å². The van der Waals surface area contributed by atoms with E-state index in [0.29, 0.717) is 17.5 Å². The van der Waals surface area contributed by atoms with Gasteiger partial charge in [-0.2, -0.15) is 0 Å². The van der Waals surface area contributed by atoms with Crippen molar-refractivity contribution in [1.29, 1.82) is 0 Å². The Balaban J connectivity index is 1.16. The molecule has 49 heavy (non-hydrogen) atoms. The summed E-state index contributed by atoms with van der Waals surface area (Å²) < 4.78 is 6.43. The lowest BCUT2D eigenvalue weighted by Crippen LogP contribution is -2.00. The monoisotopic (exact) mass is 625 g/mol. The van der Waals surface area contributed by atoms with Crippen molar-refractivity contribution in [2.24, 2.45) is 0 Å². The molecule has 10 rings (SSSR count). The molecular weight excluding hydrogens is 599 g/mol. The van der Waals surface area contributed by atoms with Crippen LogP contribution < -0.4 is 0 Å². The van der Waals surface area contributed by atoms with E-state index in [1.807, 2.05) is 42.5 Å². The highest BCUT2D eigenvalue weighted by molar-refractivity contribution is 6.13. The minimum Gasteiger partial charge on any atom is -0.456 e. The summed E-state index contributed by atoms with van der Waals surface area (Å²) in [6, 6.07) is 57.0. The first-order valence-corrected chi connectivity index (χ1v) is 16.4. The summed E-state index contributed by atoms with van der Waals surface area (Å²) in [5, 5.41) is 9.31. The van der Waals surface area contributed by atoms with E-state index >= 15 is 0 Å². The van der Waals surface area contributed by atoms with E-state index in [2.05, 4.69) is 121 Å². The van der Waals surface area contributed by atoms with Gasteiger partial charge >= 0.3 is 0 Å². The number of aromatic nitrogens is 3. The second-order valence-corrected chi connectivity index (χ2v) is 12.4. The Morgan fingerprint density at radius 1 is 0.327 bits per heavy atom. The van der Waals surface area contributed by atoms with Crippen molar-refractivity contribution in [1.82, 2.24) is 15.0 Å². The summed E-state index contributed by atoms with van der Waals surface area (Å²) in [6.07, 6.45) is 0. The van der Waals surface area contributed by atoms with Crippen molar-refractivity contribution in [3.8, 4) is 45.3 Å². The average Bonchev–Trinajstić information content (AvgIpc) is 3.56. The molecule has 228 valence electrons. The summed E-state index contributed by atoms with van der Waals surface area (Å²) in [5.74, 6) is 1.86. The smallest absolute Gasteiger partial charge is 0.164 e. The third-order valence-corrected chi connectivity index (χ3v) is 9.49. The molecular formula is C45H27N3O. The van der Waals surface area contributed by atoms with Gasteiger partial charge in [-0.05, 0) is 73.8 Å². The fourth-order valence-electron chi connectivity index (χ4n) is 7.06. The summed E-state index contributed by atoms with van der Waals surface area (Å²) in [4.78, 5) is 15.2. The van der Waals surface area contributed by atoms with Crippen molar-refractivity contribution >= 4 is 54.3 Å². The number of rotatable bonds is 4. The minimum atomic E-state index is 0.605. The molecule has 0 saturated carbocycles. The first-order chi connectivity index (χ1) is 24.2. The topological polar surface area (TPSA) is 51.8 Å². The molecule has 4 heteroatoms. The molecule has 0 spiro atoms. The van der Waals surface area contributed by atoms with Gasteiger partial charge in [-0.3, -0.25) is 0 Å². The van der Waals surface area contributed by atoms with Gasteiger partial charge in [-0.25, -0.2) is 15.0 Å². The van der Waals surface area contributed by atoms with Crippen LogP contribution in [0.2, 0.25) is 0 Å². The molecule has 0 N–H and O–H groups in total. The van der Waals surface area contributed by atoms with Gasteiger partial charge in [0.05, 0.1) is 0 Å². The van der Waals surface area contributed by atoms with Crippen molar-refractivity contribution in [3.63, 3.8) is 0 Å². The molecule has 0 radical (unpaired) electrons. The van der Waals surface area contributed by atoms with E-state index in [-0.39, 0.29) is 0 Å². The minimum absolute atomic E-state index is 0.605. The third-order valence-electron chi connectivity index (χ3n) is 9.49. The molecule has 10 aromatic rings. The van der Waals surface area contributed by atoms with Crippen LogP contribution in [0.15, 0.2) is 168 Å². The summed E-state index contributed by atoms with van der Waals surface area (Å²) >= 11 is 0. The van der Waals surface area contributed by atoms with Crippen molar-refractivity contribution in [2.75, 3.05) is 0 Å². The Kier molecular flexibility index (Phi) is 6.15. The lowest BCUT2D eigenvalue weighted by molar-refractivity contribution is 0.669. The number of hydrogen-bond acceptors (Lipinski definition) is 4. The summed E-state index contributed by atoms with van der Waals surface area (Å²) in [6.45, 7) is 0. The maximum atomic E-state index is 6.43. The van der Waals surface area contributed by atoms with Crippen molar-refractivity contribution in [3.05, 3.63) is 164 Å². The van der Waals surface area contributed by atoms with Gasteiger partial charge in [0.2, 0.25) is 0 Å². The molecule has 0 fully saturated rings. The number of furan rings is 1. The Labute approximate surface area is 282 Å². The quantitative estimate of drug-likeness (QED) is 0.183. The van der Waals surface area contributed by atoms with Crippen LogP contribution in [0.5, 0.6) is 0 Å². The maximum Gasteiger partial charge on any atom is 0.164 e. The Morgan fingerprint density at radius 3 is 1.86 bits per heavy atom. The largest absolute Gasteiger partial charge is 0.456 e. The van der Waals surface area contributed by atoms with Crippen molar-refractivity contribution in [2.45, 2.75) is 0 Å². The number of hydrogen-bond donors (Lipinski definition) is 0. The van der Waals surface area contributed by atoms with Crippen LogP contribution in [0.25, 0.3) is 99.5 Å². The third kappa shape index (κ3) is 4.65. The second kappa shape index (κ2) is 11.0.